The van der Waals surface area contributed by atoms with Crippen LogP contribution >= 0.6 is 0 Å². The van der Waals surface area contributed by atoms with E-state index in [1.165, 1.54) is 25.7 Å². The molecular weight excluding hydrogens is 228 g/mol. The number of methoxy groups -OCH3 is 1. The highest BCUT2D eigenvalue weighted by Crippen LogP contribution is 2.11. The fraction of sp³-hybridized carbons (Fsp3) is 0.733. The van der Waals surface area contributed by atoms with Crippen LogP contribution < -0.4 is 0 Å². The number of ketones is 1. The van der Waals surface area contributed by atoms with Crippen LogP contribution in [-0.2, 0) is 14.3 Å². The highest BCUT2D eigenvalue weighted by Gasteiger charge is 2.08. The molecule has 0 bridgehead atoms. The second-order valence-corrected chi connectivity index (χ2v) is 4.25. The van der Waals surface area contributed by atoms with Crippen molar-refractivity contribution in [3.05, 3.63) is 17.4 Å². The highest BCUT2D eigenvalue weighted by atomic mass is 16.7. The number of carbonyl (C=O) groups excluding carboxylic acids is 1. The maximum atomic E-state index is 11.8. The molecule has 18 heavy (non-hydrogen) atoms. The number of rotatable bonds is 11. The lowest BCUT2D eigenvalue weighted by molar-refractivity contribution is -0.124. The molecule has 0 unspecified atom stereocenters. The molecule has 3 heteroatoms. The Balaban J connectivity index is 3.99. The van der Waals surface area contributed by atoms with Crippen LogP contribution in [0.5, 0.6) is 0 Å². The zero-order chi connectivity index (χ0) is 13.6. The molecule has 0 aliphatic heterocycles. The van der Waals surface area contributed by atoms with Crippen LogP contribution in [0.1, 0.15) is 52.4 Å². The standard InChI is InChI=1S/C15H26O3/c1-4-6-7-8-9-11-14(10-5-2)15(16)12-18-13-17-3/h5H,4,6-9,11-13H2,1-3H3. The van der Waals surface area contributed by atoms with Gasteiger partial charge in [0.25, 0.3) is 0 Å². The van der Waals surface area contributed by atoms with Gasteiger partial charge in [-0.3, -0.25) is 4.79 Å². The van der Waals surface area contributed by atoms with E-state index in [0.717, 1.165) is 18.4 Å². The Morgan fingerprint density at radius 3 is 2.56 bits per heavy atom. The van der Waals surface area contributed by atoms with Crippen molar-refractivity contribution in [3.8, 4) is 0 Å². The summed E-state index contributed by atoms with van der Waals surface area (Å²) in [5.74, 6) is 0.0145. The third-order valence-corrected chi connectivity index (χ3v) is 2.62. The molecule has 0 radical (unpaired) electrons. The molecule has 0 aliphatic carbocycles. The van der Waals surface area contributed by atoms with Gasteiger partial charge in [0.15, 0.2) is 5.78 Å². The lowest BCUT2D eigenvalue weighted by Gasteiger charge is -2.05. The zero-order valence-electron chi connectivity index (χ0n) is 12.0. The van der Waals surface area contributed by atoms with Crippen molar-refractivity contribution in [1.82, 2.24) is 0 Å². The van der Waals surface area contributed by atoms with Crippen LogP contribution in [0, 0.1) is 0 Å². The van der Waals surface area contributed by atoms with Gasteiger partial charge in [-0.2, -0.15) is 0 Å². The van der Waals surface area contributed by atoms with Gasteiger partial charge in [0.2, 0.25) is 0 Å². The molecular formula is C15H26O3. The number of ether oxygens (including phenoxy) is 2. The number of hydrogen-bond acceptors (Lipinski definition) is 3. The van der Waals surface area contributed by atoms with Crippen molar-refractivity contribution in [2.45, 2.75) is 52.4 Å². The van der Waals surface area contributed by atoms with E-state index in [-0.39, 0.29) is 19.2 Å². The molecule has 0 saturated heterocycles. The Bertz CT molecular complexity index is 275. The van der Waals surface area contributed by atoms with Gasteiger partial charge in [0.05, 0.1) is 0 Å². The highest BCUT2D eigenvalue weighted by molar-refractivity contribution is 5.96. The second kappa shape index (κ2) is 12.6. The van der Waals surface area contributed by atoms with Crippen LogP contribution in [0.4, 0.5) is 0 Å². The molecule has 0 N–H and O–H groups in total. The fourth-order valence-electron chi connectivity index (χ4n) is 1.68. The summed E-state index contributed by atoms with van der Waals surface area (Å²) >= 11 is 0. The van der Waals surface area contributed by atoms with Gasteiger partial charge in [-0.15, -0.1) is 5.73 Å². The monoisotopic (exact) mass is 254 g/mol. The first-order valence-electron chi connectivity index (χ1n) is 6.76. The van der Waals surface area contributed by atoms with Crippen LogP contribution in [0.25, 0.3) is 0 Å². The maximum Gasteiger partial charge on any atom is 0.192 e. The minimum absolute atomic E-state index is 0.0145. The van der Waals surface area contributed by atoms with Crippen molar-refractivity contribution in [2.24, 2.45) is 0 Å². The van der Waals surface area contributed by atoms with Crippen molar-refractivity contribution in [3.63, 3.8) is 0 Å². The summed E-state index contributed by atoms with van der Waals surface area (Å²) in [4.78, 5) is 11.8. The summed E-state index contributed by atoms with van der Waals surface area (Å²) in [6, 6.07) is 0. The molecule has 0 aromatic carbocycles. The van der Waals surface area contributed by atoms with E-state index in [0.29, 0.717) is 0 Å². The van der Waals surface area contributed by atoms with Gasteiger partial charge in [-0.05, 0) is 25.8 Å². The van der Waals surface area contributed by atoms with E-state index in [9.17, 15) is 4.79 Å². The van der Waals surface area contributed by atoms with E-state index < -0.39 is 0 Å². The Hall–Kier alpha value is -0.890. The lowest BCUT2D eigenvalue weighted by Crippen LogP contribution is -2.12. The molecule has 0 heterocycles. The van der Waals surface area contributed by atoms with E-state index >= 15 is 0 Å². The first kappa shape index (κ1) is 17.1. The van der Waals surface area contributed by atoms with Crippen molar-refractivity contribution in [1.29, 1.82) is 0 Å². The molecule has 0 atom stereocenters. The van der Waals surface area contributed by atoms with Gasteiger partial charge in [0, 0.05) is 12.7 Å². The second-order valence-electron chi connectivity index (χ2n) is 4.25. The van der Waals surface area contributed by atoms with E-state index in [2.05, 4.69) is 12.7 Å². The van der Waals surface area contributed by atoms with Gasteiger partial charge in [0.1, 0.15) is 13.4 Å². The average Bonchev–Trinajstić information content (AvgIpc) is 2.37. The normalized spacial score (nSPS) is 9.94. The Morgan fingerprint density at radius 1 is 1.22 bits per heavy atom. The third-order valence-electron chi connectivity index (χ3n) is 2.62. The molecule has 0 aromatic rings. The van der Waals surface area contributed by atoms with E-state index in [1.807, 2.05) is 6.92 Å². The fourth-order valence-corrected chi connectivity index (χ4v) is 1.68. The lowest BCUT2D eigenvalue weighted by atomic mass is 10.0. The topological polar surface area (TPSA) is 35.5 Å². The predicted molar refractivity (Wildman–Crippen MR) is 73.5 cm³/mol. The summed E-state index contributed by atoms with van der Waals surface area (Å²) in [5, 5.41) is 0. The predicted octanol–water partition coefficient (Wildman–Crippen LogP) is 3.64. The third kappa shape index (κ3) is 9.17. The van der Waals surface area contributed by atoms with Gasteiger partial charge < -0.3 is 9.47 Å². The first-order valence-corrected chi connectivity index (χ1v) is 6.76. The molecule has 0 aromatic heterocycles. The van der Waals surface area contributed by atoms with Crippen LogP contribution in [0.3, 0.4) is 0 Å². The minimum atomic E-state index is 0.0145. The average molecular weight is 254 g/mol. The molecule has 0 spiro atoms. The van der Waals surface area contributed by atoms with E-state index in [1.54, 1.807) is 13.2 Å². The van der Waals surface area contributed by atoms with Gasteiger partial charge >= 0.3 is 0 Å². The molecule has 104 valence electrons. The molecule has 0 saturated carbocycles. The first-order chi connectivity index (χ1) is 8.76. The maximum absolute atomic E-state index is 11.8. The van der Waals surface area contributed by atoms with Crippen LogP contribution in [-0.4, -0.2) is 26.3 Å². The quantitative estimate of drug-likeness (QED) is 0.244. The van der Waals surface area contributed by atoms with Crippen molar-refractivity contribution >= 4 is 5.78 Å². The largest absolute Gasteiger partial charge is 0.359 e. The van der Waals surface area contributed by atoms with Crippen LogP contribution in [0.15, 0.2) is 17.4 Å². The summed E-state index contributed by atoms with van der Waals surface area (Å²) < 4.78 is 9.82. The Morgan fingerprint density at radius 2 is 1.94 bits per heavy atom. The van der Waals surface area contributed by atoms with Crippen molar-refractivity contribution < 1.29 is 14.3 Å². The number of carbonyl (C=O) groups is 1. The molecule has 3 nitrogen and oxygen atoms in total. The summed E-state index contributed by atoms with van der Waals surface area (Å²) in [6.07, 6.45) is 8.56. The van der Waals surface area contributed by atoms with E-state index in [4.69, 9.17) is 9.47 Å². The smallest absolute Gasteiger partial charge is 0.192 e. The molecule has 0 fully saturated rings. The van der Waals surface area contributed by atoms with Gasteiger partial charge in [-0.25, -0.2) is 0 Å². The molecule has 0 aliphatic rings. The Labute approximate surface area is 111 Å². The SMILES string of the molecule is CC=C=C(CCCCCCC)C(=O)COCOC. The minimum Gasteiger partial charge on any atom is -0.359 e. The number of hydrogen-bond donors (Lipinski definition) is 0. The number of Topliss-reactive ketones (excluding diaryl/α,β-unsaturated/α-hetero) is 1. The van der Waals surface area contributed by atoms with Gasteiger partial charge in [-0.1, -0.05) is 32.6 Å². The molecule has 0 rings (SSSR count). The Kier molecular flexibility index (Phi) is 11.9. The number of unbranched alkanes of at least 4 members (excludes halogenated alkanes) is 4. The van der Waals surface area contributed by atoms with Crippen molar-refractivity contribution in [2.75, 3.05) is 20.5 Å². The summed E-state index contributed by atoms with van der Waals surface area (Å²) in [5.41, 5.74) is 3.76. The summed E-state index contributed by atoms with van der Waals surface area (Å²) in [7, 11) is 1.54. The van der Waals surface area contributed by atoms with Crippen LogP contribution in [0.2, 0.25) is 0 Å². The molecule has 0 amide bonds. The zero-order valence-corrected chi connectivity index (χ0v) is 12.0. The summed E-state index contributed by atoms with van der Waals surface area (Å²) in [6.45, 7) is 4.31.